The molecule has 0 aromatic heterocycles. The number of nitrogens with two attached hydrogens (primary N) is 1. The van der Waals surface area contributed by atoms with Gasteiger partial charge in [-0.1, -0.05) is 0 Å². The van der Waals surface area contributed by atoms with Crippen LogP contribution in [0.2, 0.25) is 0 Å². The Bertz CT molecular complexity index is 911. The van der Waals surface area contributed by atoms with E-state index in [2.05, 4.69) is 5.32 Å². The van der Waals surface area contributed by atoms with Crippen LogP contribution in [0.15, 0.2) is 42.5 Å². The first kappa shape index (κ1) is 20.2. The Morgan fingerprint density at radius 3 is 2.31 bits per heavy atom. The van der Waals surface area contributed by atoms with Crippen LogP contribution >= 0.6 is 0 Å². The Hall–Kier alpha value is -3.55. The number of fused-ring (bicyclic) bond motifs is 1. The lowest BCUT2D eigenvalue weighted by Gasteiger charge is -2.23. The number of primary amides is 1. The van der Waals surface area contributed by atoms with Crippen molar-refractivity contribution in [2.45, 2.75) is 13.3 Å². The van der Waals surface area contributed by atoms with Crippen molar-refractivity contribution in [3.63, 3.8) is 0 Å². The maximum Gasteiger partial charge on any atom is 0.253 e. The zero-order chi connectivity index (χ0) is 20.8. The number of rotatable bonds is 7. The lowest BCUT2D eigenvalue weighted by Crippen LogP contribution is -2.33. The van der Waals surface area contributed by atoms with Crippen molar-refractivity contribution >= 4 is 23.4 Å². The second kappa shape index (κ2) is 9.09. The summed E-state index contributed by atoms with van der Waals surface area (Å²) in [4.78, 5) is 37.7. The van der Waals surface area contributed by atoms with Crippen molar-refractivity contribution < 1.29 is 23.9 Å². The molecule has 0 atom stereocenters. The summed E-state index contributed by atoms with van der Waals surface area (Å²) in [5.74, 6) is 0.236. The van der Waals surface area contributed by atoms with Crippen molar-refractivity contribution in [2.75, 3.05) is 31.6 Å². The molecule has 3 N–H and O–H groups in total. The van der Waals surface area contributed by atoms with Crippen LogP contribution in [0.4, 0.5) is 5.69 Å². The Balaban J connectivity index is 1.57. The van der Waals surface area contributed by atoms with Gasteiger partial charge >= 0.3 is 0 Å². The third kappa shape index (κ3) is 5.04. The van der Waals surface area contributed by atoms with E-state index in [0.717, 1.165) is 0 Å². The molecule has 0 fully saturated rings. The van der Waals surface area contributed by atoms with Gasteiger partial charge in [-0.3, -0.25) is 14.4 Å². The van der Waals surface area contributed by atoms with Crippen LogP contribution < -0.4 is 20.5 Å². The number of carbonyl (C=O) groups excluding carboxylic acids is 3. The lowest BCUT2D eigenvalue weighted by molar-refractivity contribution is -0.116. The summed E-state index contributed by atoms with van der Waals surface area (Å²) < 4.78 is 11.0. The number of carbonyl (C=O) groups is 3. The average molecular weight is 397 g/mol. The number of benzene rings is 2. The van der Waals surface area contributed by atoms with E-state index in [4.69, 9.17) is 15.2 Å². The van der Waals surface area contributed by atoms with Gasteiger partial charge in [-0.15, -0.1) is 0 Å². The van der Waals surface area contributed by atoms with Crippen LogP contribution in [0.5, 0.6) is 11.5 Å². The fourth-order valence-electron chi connectivity index (χ4n) is 2.94. The van der Waals surface area contributed by atoms with E-state index in [9.17, 15) is 14.4 Å². The molecule has 8 nitrogen and oxygen atoms in total. The minimum atomic E-state index is -0.529. The van der Waals surface area contributed by atoms with Crippen molar-refractivity contribution in [2.24, 2.45) is 5.73 Å². The monoisotopic (exact) mass is 397 g/mol. The van der Waals surface area contributed by atoms with Gasteiger partial charge in [-0.25, -0.2) is 0 Å². The number of hydrogen-bond acceptors (Lipinski definition) is 5. The van der Waals surface area contributed by atoms with Crippen molar-refractivity contribution in [1.82, 2.24) is 4.90 Å². The van der Waals surface area contributed by atoms with E-state index in [-0.39, 0.29) is 24.8 Å². The summed E-state index contributed by atoms with van der Waals surface area (Å²) in [6.07, 6.45) is 0.141. The van der Waals surface area contributed by atoms with E-state index in [1.165, 1.54) is 0 Å². The highest BCUT2D eigenvalue weighted by molar-refractivity contribution is 5.96. The smallest absolute Gasteiger partial charge is 0.253 e. The molecule has 8 heteroatoms. The SMILES string of the molecule is CCN(CCC(=O)Nc1ccc(C(N)=O)cc1)C(=O)c1ccc2c(c1)OCCO2. The Morgan fingerprint density at radius 1 is 1.00 bits per heavy atom. The number of ether oxygens (including phenoxy) is 2. The molecule has 152 valence electrons. The molecule has 0 saturated heterocycles. The zero-order valence-corrected chi connectivity index (χ0v) is 16.1. The fourth-order valence-corrected chi connectivity index (χ4v) is 2.94. The molecule has 2 aromatic rings. The van der Waals surface area contributed by atoms with Gasteiger partial charge in [0.1, 0.15) is 13.2 Å². The van der Waals surface area contributed by atoms with Crippen LogP contribution in [0, 0.1) is 0 Å². The lowest BCUT2D eigenvalue weighted by atomic mass is 10.1. The summed E-state index contributed by atoms with van der Waals surface area (Å²) >= 11 is 0. The Kier molecular flexibility index (Phi) is 6.33. The molecular weight excluding hydrogens is 374 g/mol. The summed E-state index contributed by atoms with van der Waals surface area (Å²) in [6.45, 7) is 3.53. The normalized spacial score (nSPS) is 12.2. The molecule has 0 bridgehead atoms. The van der Waals surface area contributed by atoms with Gasteiger partial charge in [-0.2, -0.15) is 0 Å². The molecular formula is C21H23N3O5. The fraction of sp³-hybridized carbons (Fsp3) is 0.286. The van der Waals surface area contributed by atoms with Crippen molar-refractivity contribution in [3.05, 3.63) is 53.6 Å². The van der Waals surface area contributed by atoms with Gasteiger partial charge in [0.25, 0.3) is 5.91 Å². The maximum atomic E-state index is 12.8. The topological polar surface area (TPSA) is 111 Å². The molecule has 3 rings (SSSR count). The number of nitrogens with zero attached hydrogens (tertiary/aromatic N) is 1. The predicted octanol–water partition coefficient (Wildman–Crippen LogP) is 2.05. The minimum absolute atomic E-state index is 0.141. The molecule has 1 aliphatic rings. The molecule has 29 heavy (non-hydrogen) atoms. The standard InChI is InChI=1S/C21H23N3O5/c1-2-24(21(27)15-5-8-17-18(13-15)29-12-11-28-17)10-9-19(25)23-16-6-3-14(4-7-16)20(22)26/h3-8,13H,2,9-12H2,1H3,(H2,22,26)(H,23,25). The third-order valence-electron chi connectivity index (χ3n) is 4.52. The van der Waals surface area contributed by atoms with Crippen LogP contribution in [0.25, 0.3) is 0 Å². The van der Waals surface area contributed by atoms with Crippen LogP contribution in [-0.2, 0) is 4.79 Å². The quantitative estimate of drug-likeness (QED) is 0.743. The molecule has 1 heterocycles. The molecule has 0 spiro atoms. The van der Waals surface area contributed by atoms with Gasteiger partial charge in [0.15, 0.2) is 11.5 Å². The zero-order valence-electron chi connectivity index (χ0n) is 16.1. The van der Waals surface area contributed by atoms with E-state index in [0.29, 0.717) is 48.1 Å². The van der Waals surface area contributed by atoms with Crippen LogP contribution in [0.1, 0.15) is 34.1 Å². The Morgan fingerprint density at radius 2 is 1.66 bits per heavy atom. The molecule has 3 amide bonds. The number of anilines is 1. The maximum absolute atomic E-state index is 12.8. The van der Waals surface area contributed by atoms with Gasteiger partial charge in [0.2, 0.25) is 11.8 Å². The largest absolute Gasteiger partial charge is 0.486 e. The highest BCUT2D eigenvalue weighted by Gasteiger charge is 2.19. The highest BCUT2D eigenvalue weighted by Crippen LogP contribution is 2.31. The minimum Gasteiger partial charge on any atom is -0.486 e. The highest BCUT2D eigenvalue weighted by atomic mass is 16.6. The van der Waals surface area contributed by atoms with Crippen LogP contribution in [-0.4, -0.2) is 48.9 Å². The second-order valence-electron chi connectivity index (χ2n) is 6.48. The molecule has 0 saturated carbocycles. The Labute approximate surface area is 168 Å². The first-order valence-electron chi connectivity index (χ1n) is 9.36. The van der Waals surface area contributed by atoms with E-state index < -0.39 is 5.91 Å². The first-order valence-corrected chi connectivity index (χ1v) is 9.36. The van der Waals surface area contributed by atoms with Gasteiger partial charge < -0.3 is 25.4 Å². The van der Waals surface area contributed by atoms with Crippen LogP contribution in [0.3, 0.4) is 0 Å². The van der Waals surface area contributed by atoms with Gasteiger partial charge in [0.05, 0.1) is 0 Å². The molecule has 0 aliphatic carbocycles. The summed E-state index contributed by atoms with van der Waals surface area (Å²) in [7, 11) is 0. The number of amides is 3. The van der Waals surface area contributed by atoms with E-state index in [1.807, 2.05) is 6.92 Å². The van der Waals surface area contributed by atoms with E-state index in [1.54, 1.807) is 47.4 Å². The van der Waals surface area contributed by atoms with E-state index >= 15 is 0 Å². The second-order valence-corrected chi connectivity index (χ2v) is 6.48. The van der Waals surface area contributed by atoms with Gasteiger partial charge in [-0.05, 0) is 49.4 Å². The molecule has 2 aromatic carbocycles. The first-order chi connectivity index (χ1) is 14.0. The molecule has 0 unspecified atom stereocenters. The summed E-state index contributed by atoms with van der Waals surface area (Å²) in [5.41, 5.74) is 6.60. The predicted molar refractivity (Wildman–Crippen MR) is 107 cm³/mol. The summed E-state index contributed by atoms with van der Waals surface area (Å²) in [6, 6.07) is 11.4. The number of nitrogens with one attached hydrogen (secondary N) is 1. The van der Waals surface area contributed by atoms with Gasteiger partial charge in [0, 0.05) is 36.3 Å². The molecule has 0 radical (unpaired) electrons. The number of hydrogen-bond donors (Lipinski definition) is 2. The third-order valence-corrected chi connectivity index (χ3v) is 4.52. The van der Waals surface area contributed by atoms with Crippen molar-refractivity contribution in [3.8, 4) is 11.5 Å². The molecule has 1 aliphatic heterocycles. The summed E-state index contributed by atoms with van der Waals surface area (Å²) in [5, 5.41) is 2.74. The average Bonchev–Trinajstić information content (AvgIpc) is 2.74. The van der Waals surface area contributed by atoms with Crippen molar-refractivity contribution in [1.29, 1.82) is 0 Å².